The zero-order valence-electron chi connectivity index (χ0n) is 16.4. The third kappa shape index (κ3) is 8.27. The maximum atomic E-state index is 13.5. The SMILES string of the molecule is CC(CO)NCC(O)C(Cc1cc(F)cc(F)c1)NC(=O)CCc1ccccc1. The van der Waals surface area contributed by atoms with E-state index >= 15 is 0 Å². The first-order chi connectivity index (χ1) is 13.9. The first-order valence-corrected chi connectivity index (χ1v) is 9.68. The molecule has 0 saturated heterocycles. The molecule has 0 saturated carbocycles. The van der Waals surface area contributed by atoms with Gasteiger partial charge in [-0.15, -0.1) is 0 Å². The monoisotopic (exact) mass is 406 g/mol. The fraction of sp³-hybridized carbons (Fsp3) is 0.409. The lowest BCUT2D eigenvalue weighted by molar-refractivity contribution is -0.122. The molecule has 0 heterocycles. The Hall–Kier alpha value is -2.35. The summed E-state index contributed by atoms with van der Waals surface area (Å²) in [6, 6.07) is 11.7. The van der Waals surface area contributed by atoms with Crippen LogP contribution in [0.3, 0.4) is 0 Å². The molecule has 4 N–H and O–H groups in total. The van der Waals surface area contributed by atoms with Gasteiger partial charge in [-0.05, 0) is 43.0 Å². The lowest BCUT2D eigenvalue weighted by Gasteiger charge is -2.26. The summed E-state index contributed by atoms with van der Waals surface area (Å²) in [7, 11) is 0. The number of hydrogen-bond donors (Lipinski definition) is 4. The maximum absolute atomic E-state index is 13.5. The Balaban J connectivity index is 2.02. The second-order valence-electron chi connectivity index (χ2n) is 7.20. The van der Waals surface area contributed by atoms with Crippen LogP contribution in [-0.2, 0) is 17.6 Å². The van der Waals surface area contributed by atoms with Crippen LogP contribution in [0.15, 0.2) is 48.5 Å². The highest BCUT2D eigenvalue weighted by atomic mass is 19.1. The molecular formula is C22H28F2N2O3. The first-order valence-electron chi connectivity index (χ1n) is 9.68. The third-order valence-electron chi connectivity index (χ3n) is 4.62. The lowest BCUT2D eigenvalue weighted by Crippen LogP contribution is -2.50. The number of aliphatic hydroxyl groups is 2. The molecule has 0 aliphatic heterocycles. The molecule has 29 heavy (non-hydrogen) atoms. The number of rotatable bonds is 11. The molecule has 5 nitrogen and oxygen atoms in total. The Morgan fingerprint density at radius 1 is 1.07 bits per heavy atom. The molecule has 7 heteroatoms. The van der Waals surface area contributed by atoms with Crippen molar-refractivity contribution in [2.45, 2.75) is 44.4 Å². The number of carbonyl (C=O) groups excluding carboxylic acids is 1. The molecule has 1 amide bonds. The highest BCUT2D eigenvalue weighted by molar-refractivity contribution is 5.76. The van der Waals surface area contributed by atoms with Crippen molar-refractivity contribution in [3.63, 3.8) is 0 Å². The van der Waals surface area contributed by atoms with Crippen LogP contribution in [-0.4, -0.2) is 47.5 Å². The van der Waals surface area contributed by atoms with Crippen LogP contribution < -0.4 is 10.6 Å². The molecule has 0 aliphatic rings. The van der Waals surface area contributed by atoms with Gasteiger partial charge in [-0.1, -0.05) is 30.3 Å². The molecular weight excluding hydrogens is 378 g/mol. The van der Waals surface area contributed by atoms with E-state index in [1.165, 1.54) is 12.1 Å². The van der Waals surface area contributed by atoms with Gasteiger partial charge in [0.15, 0.2) is 0 Å². The number of carbonyl (C=O) groups is 1. The molecule has 0 radical (unpaired) electrons. The Labute approximate surface area is 169 Å². The summed E-state index contributed by atoms with van der Waals surface area (Å²) >= 11 is 0. The van der Waals surface area contributed by atoms with Crippen LogP contribution in [0.2, 0.25) is 0 Å². The predicted octanol–water partition coefficient (Wildman–Crippen LogP) is 1.96. The molecule has 2 aromatic rings. The van der Waals surface area contributed by atoms with Gasteiger partial charge in [-0.25, -0.2) is 8.78 Å². The van der Waals surface area contributed by atoms with Crippen molar-refractivity contribution >= 4 is 5.91 Å². The molecule has 0 bridgehead atoms. The van der Waals surface area contributed by atoms with E-state index in [0.717, 1.165) is 11.6 Å². The topological polar surface area (TPSA) is 81.6 Å². The van der Waals surface area contributed by atoms with Gasteiger partial charge in [0.1, 0.15) is 11.6 Å². The van der Waals surface area contributed by atoms with Crippen molar-refractivity contribution in [3.8, 4) is 0 Å². The first kappa shape index (κ1) is 22.9. The normalized spacial score (nSPS) is 14.2. The number of hydrogen-bond acceptors (Lipinski definition) is 4. The molecule has 2 aromatic carbocycles. The van der Waals surface area contributed by atoms with Crippen molar-refractivity contribution in [1.29, 1.82) is 0 Å². The average molecular weight is 406 g/mol. The summed E-state index contributed by atoms with van der Waals surface area (Å²) in [5, 5.41) is 25.4. The zero-order valence-corrected chi connectivity index (χ0v) is 16.4. The van der Waals surface area contributed by atoms with Gasteiger partial charge in [0.05, 0.1) is 18.8 Å². The van der Waals surface area contributed by atoms with Gasteiger partial charge in [-0.2, -0.15) is 0 Å². The molecule has 3 unspecified atom stereocenters. The van der Waals surface area contributed by atoms with Crippen LogP contribution in [0, 0.1) is 11.6 Å². The second kappa shape index (κ2) is 11.6. The van der Waals surface area contributed by atoms with E-state index in [1.54, 1.807) is 6.92 Å². The number of amides is 1. The number of benzene rings is 2. The summed E-state index contributed by atoms with van der Waals surface area (Å²) in [4.78, 5) is 12.4. The van der Waals surface area contributed by atoms with Crippen LogP contribution >= 0.6 is 0 Å². The number of nitrogens with one attached hydrogen (secondary N) is 2. The molecule has 0 spiro atoms. The Morgan fingerprint density at radius 3 is 2.34 bits per heavy atom. The maximum Gasteiger partial charge on any atom is 0.220 e. The van der Waals surface area contributed by atoms with E-state index in [1.807, 2.05) is 30.3 Å². The quantitative estimate of drug-likeness (QED) is 0.460. The second-order valence-corrected chi connectivity index (χ2v) is 7.20. The fourth-order valence-electron chi connectivity index (χ4n) is 2.98. The largest absolute Gasteiger partial charge is 0.395 e. The fourth-order valence-corrected chi connectivity index (χ4v) is 2.98. The molecule has 2 rings (SSSR count). The highest BCUT2D eigenvalue weighted by Gasteiger charge is 2.22. The van der Waals surface area contributed by atoms with Crippen molar-refractivity contribution < 1.29 is 23.8 Å². The van der Waals surface area contributed by atoms with Gasteiger partial charge in [-0.3, -0.25) is 4.79 Å². The summed E-state index contributed by atoms with van der Waals surface area (Å²) in [6.45, 7) is 1.77. The standard InChI is InChI=1S/C22H28F2N2O3/c1-15(14-27)25-13-21(28)20(11-17-9-18(23)12-19(24)10-17)26-22(29)8-7-16-5-3-2-4-6-16/h2-6,9-10,12,15,20-21,25,27-28H,7-8,11,13-14H2,1H3,(H,26,29). The molecule has 3 atom stereocenters. The van der Waals surface area contributed by atoms with Crippen molar-refractivity contribution in [1.82, 2.24) is 10.6 Å². The van der Waals surface area contributed by atoms with Crippen molar-refractivity contribution in [3.05, 3.63) is 71.3 Å². The summed E-state index contributed by atoms with van der Waals surface area (Å²) in [5.41, 5.74) is 1.36. The van der Waals surface area contributed by atoms with E-state index < -0.39 is 23.8 Å². The zero-order chi connectivity index (χ0) is 21.2. The summed E-state index contributed by atoms with van der Waals surface area (Å²) in [6.07, 6.45) is -0.159. The van der Waals surface area contributed by atoms with Gasteiger partial charge < -0.3 is 20.8 Å². The van der Waals surface area contributed by atoms with Gasteiger partial charge in [0, 0.05) is 25.1 Å². The third-order valence-corrected chi connectivity index (χ3v) is 4.62. The van der Waals surface area contributed by atoms with E-state index in [-0.39, 0.29) is 37.9 Å². The minimum absolute atomic E-state index is 0.0715. The van der Waals surface area contributed by atoms with Gasteiger partial charge in [0.25, 0.3) is 0 Å². The highest BCUT2D eigenvalue weighted by Crippen LogP contribution is 2.12. The van der Waals surface area contributed by atoms with Crippen molar-refractivity contribution in [2.75, 3.05) is 13.2 Å². The van der Waals surface area contributed by atoms with Crippen LogP contribution in [0.1, 0.15) is 24.5 Å². The van der Waals surface area contributed by atoms with Crippen LogP contribution in [0.25, 0.3) is 0 Å². The number of aryl methyl sites for hydroxylation is 1. The minimum atomic E-state index is -1.00. The van der Waals surface area contributed by atoms with E-state index in [0.29, 0.717) is 12.0 Å². The molecule has 0 aromatic heterocycles. The lowest BCUT2D eigenvalue weighted by atomic mass is 10.00. The van der Waals surface area contributed by atoms with E-state index in [4.69, 9.17) is 5.11 Å². The van der Waals surface area contributed by atoms with Crippen LogP contribution in [0.4, 0.5) is 8.78 Å². The predicted molar refractivity (Wildman–Crippen MR) is 107 cm³/mol. The minimum Gasteiger partial charge on any atom is -0.395 e. The Kier molecular flexibility index (Phi) is 9.18. The van der Waals surface area contributed by atoms with Crippen molar-refractivity contribution in [2.24, 2.45) is 0 Å². The van der Waals surface area contributed by atoms with Crippen LogP contribution in [0.5, 0.6) is 0 Å². The Morgan fingerprint density at radius 2 is 1.72 bits per heavy atom. The average Bonchev–Trinajstić information content (AvgIpc) is 2.69. The number of aliphatic hydroxyl groups excluding tert-OH is 2. The van der Waals surface area contributed by atoms with E-state index in [2.05, 4.69) is 10.6 Å². The molecule has 158 valence electrons. The van der Waals surface area contributed by atoms with E-state index in [9.17, 15) is 18.7 Å². The number of halogens is 2. The summed E-state index contributed by atoms with van der Waals surface area (Å²) < 4.78 is 27.0. The molecule has 0 fully saturated rings. The van der Waals surface area contributed by atoms with Gasteiger partial charge >= 0.3 is 0 Å². The summed E-state index contributed by atoms with van der Waals surface area (Å²) in [5.74, 6) is -1.68. The smallest absolute Gasteiger partial charge is 0.220 e. The van der Waals surface area contributed by atoms with Gasteiger partial charge in [0.2, 0.25) is 5.91 Å². The Bertz CT molecular complexity index is 754. The molecule has 0 aliphatic carbocycles.